The van der Waals surface area contributed by atoms with Crippen LogP contribution in [0.15, 0.2) is 47.4 Å². The maximum absolute atomic E-state index is 13.1. The summed E-state index contributed by atoms with van der Waals surface area (Å²) in [4.78, 5) is 0.128. The van der Waals surface area contributed by atoms with Crippen molar-refractivity contribution in [3.63, 3.8) is 0 Å². The van der Waals surface area contributed by atoms with Crippen LogP contribution in [0.2, 0.25) is 0 Å². The molecule has 0 aliphatic heterocycles. The number of benzene rings is 2. The van der Waals surface area contributed by atoms with Gasteiger partial charge in [0.15, 0.2) is 9.84 Å². The predicted octanol–water partition coefficient (Wildman–Crippen LogP) is 2.60. The summed E-state index contributed by atoms with van der Waals surface area (Å²) < 4.78 is 36.0. The van der Waals surface area contributed by atoms with E-state index >= 15 is 0 Å². The number of hydrogen-bond donors (Lipinski definition) is 1. The summed E-state index contributed by atoms with van der Waals surface area (Å²) in [6.45, 7) is 0. The molecule has 94 valence electrons. The molecule has 18 heavy (non-hydrogen) atoms. The summed E-state index contributed by atoms with van der Waals surface area (Å²) in [6, 6.07) is 9.56. The maximum atomic E-state index is 13.1. The highest BCUT2D eigenvalue weighted by Gasteiger charge is 2.11. The van der Waals surface area contributed by atoms with Crippen LogP contribution in [0.5, 0.6) is 5.75 Å². The molecular formula is C13H11FO3S. The molecule has 0 aromatic heterocycles. The molecule has 0 fully saturated rings. The average Bonchev–Trinajstić information content (AvgIpc) is 2.31. The zero-order valence-corrected chi connectivity index (χ0v) is 10.4. The number of phenolic OH excluding ortho intramolecular Hbond substituents is 1. The molecule has 0 atom stereocenters. The van der Waals surface area contributed by atoms with E-state index in [4.69, 9.17) is 0 Å². The minimum atomic E-state index is -3.33. The number of rotatable bonds is 2. The summed E-state index contributed by atoms with van der Waals surface area (Å²) in [5, 5.41) is 9.67. The van der Waals surface area contributed by atoms with Crippen molar-refractivity contribution in [1.82, 2.24) is 0 Å². The normalized spacial score (nSPS) is 11.4. The van der Waals surface area contributed by atoms with Crippen LogP contribution in [0.3, 0.4) is 0 Å². The van der Waals surface area contributed by atoms with Gasteiger partial charge >= 0.3 is 0 Å². The van der Waals surface area contributed by atoms with E-state index in [0.29, 0.717) is 5.56 Å². The number of phenols is 1. The van der Waals surface area contributed by atoms with E-state index in [1.165, 1.54) is 18.2 Å². The third kappa shape index (κ3) is 2.51. The van der Waals surface area contributed by atoms with Crippen molar-refractivity contribution in [3.05, 3.63) is 48.3 Å². The molecule has 0 bridgehead atoms. The first kappa shape index (κ1) is 12.6. The molecule has 0 saturated carbocycles. The molecule has 0 saturated heterocycles. The molecule has 0 spiro atoms. The van der Waals surface area contributed by atoms with Gasteiger partial charge in [-0.25, -0.2) is 12.8 Å². The number of hydrogen-bond acceptors (Lipinski definition) is 3. The minimum absolute atomic E-state index is 0.0953. The lowest BCUT2D eigenvalue weighted by Crippen LogP contribution is -1.96. The third-order valence-electron chi connectivity index (χ3n) is 2.53. The molecule has 5 heteroatoms. The van der Waals surface area contributed by atoms with E-state index in [1.54, 1.807) is 12.1 Å². The van der Waals surface area contributed by atoms with E-state index in [9.17, 15) is 17.9 Å². The standard InChI is InChI=1S/C13H11FO3S/c1-18(16,17)11-4-2-3-9(7-11)12-8-10(14)5-6-13(12)15/h2-8,15H,1H3. The fourth-order valence-corrected chi connectivity index (χ4v) is 2.30. The Kier molecular flexibility index (Phi) is 3.09. The SMILES string of the molecule is CS(=O)(=O)c1cccc(-c2cc(F)ccc2O)c1. The Bertz CT molecular complexity index is 693. The fourth-order valence-electron chi connectivity index (χ4n) is 1.63. The van der Waals surface area contributed by atoms with Crippen molar-refractivity contribution in [1.29, 1.82) is 0 Å². The molecular weight excluding hydrogens is 255 g/mol. The number of aromatic hydroxyl groups is 1. The summed E-state index contributed by atoms with van der Waals surface area (Å²) >= 11 is 0. The highest BCUT2D eigenvalue weighted by molar-refractivity contribution is 7.90. The molecule has 0 unspecified atom stereocenters. The van der Waals surface area contributed by atoms with E-state index in [-0.39, 0.29) is 16.2 Å². The van der Waals surface area contributed by atoms with Gasteiger partial charge in [-0.15, -0.1) is 0 Å². The van der Waals surface area contributed by atoms with Crippen molar-refractivity contribution in [2.24, 2.45) is 0 Å². The number of halogens is 1. The second-order valence-electron chi connectivity index (χ2n) is 3.96. The van der Waals surface area contributed by atoms with Gasteiger partial charge in [0, 0.05) is 11.8 Å². The van der Waals surface area contributed by atoms with Gasteiger partial charge in [-0.05, 0) is 35.9 Å². The quantitative estimate of drug-likeness (QED) is 0.909. The molecule has 1 N–H and O–H groups in total. The Balaban J connectivity index is 2.62. The van der Waals surface area contributed by atoms with Gasteiger partial charge in [0.2, 0.25) is 0 Å². The van der Waals surface area contributed by atoms with E-state index in [0.717, 1.165) is 18.4 Å². The molecule has 2 aromatic carbocycles. The highest BCUT2D eigenvalue weighted by Crippen LogP contribution is 2.30. The lowest BCUT2D eigenvalue weighted by Gasteiger charge is -2.06. The average molecular weight is 266 g/mol. The Morgan fingerprint density at radius 3 is 2.50 bits per heavy atom. The van der Waals surface area contributed by atoms with Crippen molar-refractivity contribution in [2.75, 3.05) is 6.26 Å². The van der Waals surface area contributed by atoms with Gasteiger partial charge in [-0.3, -0.25) is 0 Å². The molecule has 3 nitrogen and oxygen atoms in total. The summed E-state index contributed by atoms with van der Waals surface area (Å²) in [7, 11) is -3.33. The van der Waals surface area contributed by atoms with Crippen LogP contribution >= 0.6 is 0 Å². The second kappa shape index (κ2) is 4.42. The van der Waals surface area contributed by atoms with Crippen molar-refractivity contribution in [3.8, 4) is 16.9 Å². The van der Waals surface area contributed by atoms with Crippen LogP contribution < -0.4 is 0 Å². The van der Waals surface area contributed by atoms with Gasteiger partial charge in [0.1, 0.15) is 11.6 Å². The van der Waals surface area contributed by atoms with Crippen LogP contribution in [0.25, 0.3) is 11.1 Å². The molecule has 0 aliphatic rings. The monoisotopic (exact) mass is 266 g/mol. The minimum Gasteiger partial charge on any atom is -0.507 e. The smallest absolute Gasteiger partial charge is 0.175 e. The first-order valence-corrected chi connectivity index (χ1v) is 7.06. The largest absolute Gasteiger partial charge is 0.507 e. The molecule has 2 rings (SSSR count). The third-order valence-corrected chi connectivity index (χ3v) is 3.64. The zero-order chi connectivity index (χ0) is 13.3. The van der Waals surface area contributed by atoms with Crippen LogP contribution in [-0.2, 0) is 9.84 Å². The number of sulfone groups is 1. The summed E-state index contributed by atoms with van der Waals surface area (Å²) in [5.41, 5.74) is 0.718. The summed E-state index contributed by atoms with van der Waals surface area (Å²) in [5.74, 6) is -0.588. The van der Waals surface area contributed by atoms with Crippen LogP contribution in [0.1, 0.15) is 0 Å². The zero-order valence-electron chi connectivity index (χ0n) is 9.59. The predicted molar refractivity (Wildman–Crippen MR) is 66.6 cm³/mol. The lowest BCUT2D eigenvalue weighted by molar-refractivity contribution is 0.475. The second-order valence-corrected chi connectivity index (χ2v) is 5.98. The maximum Gasteiger partial charge on any atom is 0.175 e. The van der Waals surface area contributed by atoms with Crippen molar-refractivity contribution in [2.45, 2.75) is 4.90 Å². The Hall–Kier alpha value is -1.88. The highest BCUT2D eigenvalue weighted by atomic mass is 32.2. The molecule has 2 aromatic rings. The van der Waals surface area contributed by atoms with Crippen LogP contribution in [0, 0.1) is 5.82 Å². The fraction of sp³-hybridized carbons (Fsp3) is 0.0769. The topological polar surface area (TPSA) is 54.4 Å². The van der Waals surface area contributed by atoms with Crippen molar-refractivity contribution >= 4 is 9.84 Å². The molecule has 0 amide bonds. The van der Waals surface area contributed by atoms with Crippen LogP contribution in [-0.4, -0.2) is 19.8 Å². The van der Waals surface area contributed by atoms with Gasteiger partial charge in [0.25, 0.3) is 0 Å². The Morgan fingerprint density at radius 2 is 1.83 bits per heavy atom. The summed E-state index contributed by atoms with van der Waals surface area (Å²) in [6.07, 6.45) is 1.09. The Morgan fingerprint density at radius 1 is 1.11 bits per heavy atom. The molecule has 0 aliphatic carbocycles. The van der Waals surface area contributed by atoms with Crippen molar-refractivity contribution < 1.29 is 17.9 Å². The molecule has 0 radical (unpaired) electrons. The van der Waals surface area contributed by atoms with Gasteiger partial charge in [-0.1, -0.05) is 12.1 Å². The first-order chi connectivity index (χ1) is 8.38. The Labute approximate surface area is 104 Å². The molecule has 0 heterocycles. The van der Waals surface area contributed by atoms with E-state index in [1.807, 2.05) is 0 Å². The van der Waals surface area contributed by atoms with Gasteiger partial charge in [-0.2, -0.15) is 0 Å². The van der Waals surface area contributed by atoms with Crippen LogP contribution in [0.4, 0.5) is 4.39 Å². The first-order valence-electron chi connectivity index (χ1n) is 5.17. The van der Waals surface area contributed by atoms with E-state index in [2.05, 4.69) is 0 Å². The lowest BCUT2D eigenvalue weighted by atomic mass is 10.0. The van der Waals surface area contributed by atoms with Gasteiger partial charge in [0.05, 0.1) is 4.90 Å². The van der Waals surface area contributed by atoms with E-state index < -0.39 is 15.7 Å². The van der Waals surface area contributed by atoms with Gasteiger partial charge < -0.3 is 5.11 Å².